The number of fused-ring (bicyclic) bond motifs is 1. The zero-order chi connectivity index (χ0) is 18.8. The van der Waals surface area contributed by atoms with E-state index in [0.717, 1.165) is 8.96 Å². The average molecular weight is 453 g/mol. The Morgan fingerprint density at radius 3 is 2.68 bits per heavy atom. The van der Waals surface area contributed by atoms with Crippen molar-refractivity contribution < 1.29 is 18.7 Å². The number of carbonyl (C=O) groups is 1. The fourth-order valence-electron chi connectivity index (χ4n) is 2.31. The lowest BCUT2D eigenvalue weighted by molar-refractivity contribution is -0.109. The van der Waals surface area contributed by atoms with E-state index in [1.165, 1.54) is 20.1 Å². The van der Waals surface area contributed by atoms with E-state index in [0.29, 0.717) is 23.0 Å². The van der Waals surface area contributed by atoms with Crippen LogP contribution in [0.25, 0.3) is 10.8 Å². The summed E-state index contributed by atoms with van der Waals surface area (Å²) in [5, 5.41) is 8.80. The number of rotatable bonds is 6. The summed E-state index contributed by atoms with van der Waals surface area (Å²) in [5.74, 6) is 1.96. The molecule has 1 atom stereocenters. The number of methoxy groups -OCH3 is 1. The van der Waals surface area contributed by atoms with E-state index in [1.54, 1.807) is 24.3 Å². The van der Waals surface area contributed by atoms with Gasteiger partial charge in [0.25, 0.3) is 0 Å². The van der Waals surface area contributed by atoms with Gasteiger partial charge < -0.3 is 14.3 Å². The highest BCUT2D eigenvalue weighted by atomic mass is 127. The fraction of sp³-hybridized carbons (Fsp3) is 0.263. The minimum absolute atomic E-state index is 0.129. The number of hydrogen-bond acceptors (Lipinski definition) is 4. The van der Waals surface area contributed by atoms with Crippen molar-refractivity contribution in [3.63, 3.8) is 0 Å². The molecule has 0 spiro atoms. The Balaban J connectivity index is 0.000000970. The van der Waals surface area contributed by atoms with E-state index in [-0.39, 0.29) is 13.2 Å². The molecular formula is C19H17FINO3. The molecule has 2 rings (SSSR count). The molecule has 0 aliphatic carbocycles. The van der Waals surface area contributed by atoms with E-state index in [1.807, 2.05) is 0 Å². The quantitative estimate of drug-likeness (QED) is 0.282. The summed E-state index contributed by atoms with van der Waals surface area (Å²) in [5.41, 5.74) is 0.341. The molecule has 0 saturated carbocycles. The SMILES string of the molecule is C#CCC(C=O)c1c(F)ccc2cc(OCOC)cc(I)c12.CC#N. The Hall–Kier alpha value is -2.16. The van der Waals surface area contributed by atoms with E-state index >= 15 is 0 Å². The number of halogens is 2. The van der Waals surface area contributed by atoms with Crippen molar-refractivity contribution in [1.29, 1.82) is 5.26 Å². The molecule has 2 aromatic rings. The molecule has 0 radical (unpaired) electrons. The van der Waals surface area contributed by atoms with Crippen LogP contribution in [0.1, 0.15) is 24.8 Å². The highest BCUT2D eigenvalue weighted by molar-refractivity contribution is 14.1. The van der Waals surface area contributed by atoms with Crippen LogP contribution in [0.5, 0.6) is 5.75 Å². The molecule has 2 aromatic carbocycles. The normalized spacial score (nSPS) is 10.8. The summed E-state index contributed by atoms with van der Waals surface area (Å²) in [4.78, 5) is 11.3. The largest absolute Gasteiger partial charge is 0.468 e. The van der Waals surface area contributed by atoms with Crippen LogP contribution in [0.15, 0.2) is 24.3 Å². The Morgan fingerprint density at radius 2 is 2.12 bits per heavy atom. The van der Waals surface area contributed by atoms with Crippen molar-refractivity contribution in [2.75, 3.05) is 13.9 Å². The van der Waals surface area contributed by atoms with Crippen molar-refractivity contribution in [3.8, 4) is 24.2 Å². The van der Waals surface area contributed by atoms with Gasteiger partial charge in [-0.2, -0.15) is 5.26 Å². The molecule has 4 nitrogen and oxygen atoms in total. The Morgan fingerprint density at radius 1 is 1.44 bits per heavy atom. The maximum Gasteiger partial charge on any atom is 0.188 e. The van der Waals surface area contributed by atoms with Crippen LogP contribution in [0.2, 0.25) is 0 Å². The number of hydrogen-bond donors (Lipinski definition) is 0. The van der Waals surface area contributed by atoms with E-state index < -0.39 is 11.7 Å². The van der Waals surface area contributed by atoms with E-state index in [9.17, 15) is 9.18 Å². The third kappa shape index (κ3) is 5.42. The number of nitrogens with zero attached hydrogens (tertiary/aromatic N) is 1. The van der Waals surface area contributed by atoms with Crippen LogP contribution in [0, 0.1) is 33.1 Å². The second kappa shape index (κ2) is 10.7. The highest BCUT2D eigenvalue weighted by Crippen LogP contribution is 2.35. The number of carbonyl (C=O) groups excluding carboxylic acids is 1. The third-order valence-electron chi connectivity index (χ3n) is 3.25. The molecule has 1 unspecified atom stereocenters. The first-order valence-electron chi connectivity index (χ1n) is 7.26. The van der Waals surface area contributed by atoms with Gasteiger partial charge >= 0.3 is 0 Å². The highest BCUT2D eigenvalue weighted by Gasteiger charge is 2.20. The van der Waals surface area contributed by atoms with Crippen LogP contribution in [0.3, 0.4) is 0 Å². The van der Waals surface area contributed by atoms with Gasteiger partial charge in [-0.05, 0) is 46.2 Å². The van der Waals surface area contributed by atoms with Gasteiger partial charge in [0, 0.05) is 35.0 Å². The summed E-state index contributed by atoms with van der Waals surface area (Å²) in [6, 6.07) is 8.33. The Labute approximate surface area is 160 Å². The number of ether oxygens (including phenoxy) is 2. The maximum absolute atomic E-state index is 14.3. The summed E-state index contributed by atoms with van der Waals surface area (Å²) in [6.07, 6.45) is 6.15. The van der Waals surface area contributed by atoms with Gasteiger partial charge in [0.05, 0.1) is 12.0 Å². The lowest BCUT2D eigenvalue weighted by Gasteiger charge is -2.15. The van der Waals surface area contributed by atoms with Crippen molar-refractivity contribution in [2.24, 2.45) is 0 Å². The molecule has 0 aromatic heterocycles. The number of nitriles is 1. The van der Waals surface area contributed by atoms with Crippen LogP contribution < -0.4 is 4.74 Å². The zero-order valence-corrected chi connectivity index (χ0v) is 16.0. The Kier molecular flexibility index (Phi) is 8.90. The molecule has 6 heteroatoms. The molecule has 0 fully saturated rings. The molecule has 0 N–H and O–H groups in total. The standard InChI is InChI=1S/C17H14FIO3.C2H3N/c1-3-4-12(9-20)16-14(18)6-5-11-7-13(22-10-21-2)8-15(19)17(11)16;1-2-3/h1,5-9,12H,4,10H2,2H3;1H3. The van der Waals surface area contributed by atoms with Gasteiger partial charge in [-0.15, -0.1) is 12.3 Å². The fourth-order valence-corrected chi connectivity index (χ4v) is 3.22. The number of aldehydes is 1. The summed E-state index contributed by atoms with van der Waals surface area (Å²) < 4.78 is 25.4. The van der Waals surface area contributed by atoms with Crippen molar-refractivity contribution >= 4 is 39.6 Å². The van der Waals surface area contributed by atoms with Crippen LogP contribution in [-0.2, 0) is 9.53 Å². The second-order valence-corrected chi connectivity index (χ2v) is 6.05. The molecule has 0 heterocycles. The van der Waals surface area contributed by atoms with E-state index in [2.05, 4.69) is 28.5 Å². The second-order valence-electron chi connectivity index (χ2n) is 4.89. The van der Waals surface area contributed by atoms with Gasteiger partial charge in [-0.3, -0.25) is 0 Å². The molecule has 0 bridgehead atoms. The first-order valence-corrected chi connectivity index (χ1v) is 8.34. The van der Waals surface area contributed by atoms with Gasteiger partial charge in [0.2, 0.25) is 0 Å². The van der Waals surface area contributed by atoms with Crippen molar-refractivity contribution in [1.82, 2.24) is 0 Å². The predicted molar refractivity (Wildman–Crippen MR) is 103 cm³/mol. The van der Waals surface area contributed by atoms with Gasteiger partial charge in [-0.1, -0.05) is 6.07 Å². The first kappa shape index (κ1) is 20.9. The smallest absolute Gasteiger partial charge is 0.188 e. The van der Waals surface area contributed by atoms with Gasteiger partial charge in [-0.25, -0.2) is 4.39 Å². The third-order valence-corrected chi connectivity index (χ3v) is 4.10. The average Bonchev–Trinajstić information content (AvgIpc) is 2.59. The predicted octanol–water partition coefficient (Wildman–Crippen LogP) is 4.40. The van der Waals surface area contributed by atoms with Crippen molar-refractivity contribution in [3.05, 3.63) is 39.2 Å². The number of benzene rings is 2. The topological polar surface area (TPSA) is 59.3 Å². The maximum atomic E-state index is 14.3. The Bertz CT molecular complexity index is 824. The minimum atomic E-state index is -0.659. The monoisotopic (exact) mass is 453 g/mol. The van der Waals surface area contributed by atoms with Gasteiger partial charge in [0.15, 0.2) is 6.79 Å². The van der Waals surface area contributed by atoms with Gasteiger partial charge in [0.1, 0.15) is 17.9 Å². The van der Waals surface area contributed by atoms with Crippen LogP contribution >= 0.6 is 22.6 Å². The lowest BCUT2D eigenvalue weighted by atomic mass is 9.91. The number of terminal acetylenes is 1. The molecule has 25 heavy (non-hydrogen) atoms. The van der Waals surface area contributed by atoms with E-state index in [4.69, 9.17) is 21.2 Å². The molecule has 0 aliphatic heterocycles. The minimum Gasteiger partial charge on any atom is -0.468 e. The van der Waals surface area contributed by atoms with Crippen LogP contribution in [-0.4, -0.2) is 20.2 Å². The van der Waals surface area contributed by atoms with Crippen molar-refractivity contribution in [2.45, 2.75) is 19.3 Å². The summed E-state index contributed by atoms with van der Waals surface area (Å²) in [7, 11) is 1.54. The molecular weight excluding hydrogens is 436 g/mol. The molecule has 0 saturated heterocycles. The van der Waals surface area contributed by atoms with Crippen LogP contribution in [0.4, 0.5) is 4.39 Å². The lowest BCUT2D eigenvalue weighted by Crippen LogP contribution is -2.05. The first-order chi connectivity index (χ1) is 12.0. The molecule has 0 aliphatic rings. The molecule has 130 valence electrons. The molecule has 0 amide bonds. The summed E-state index contributed by atoms with van der Waals surface area (Å²) in [6.45, 7) is 1.56. The zero-order valence-electron chi connectivity index (χ0n) is 13.9. The summed E-state index contributed by atoms with van der Waals surface area (Å²) >= 11 is 2.10.